The van der Waals surface area contributed by atoms with Crippen molar-refractivity contribution in [1.82, 2.24) is 5.32 Å². The topological polar surface area (TPSA) is 105 Å². The van der Waals surface area contributed by atoms with E-state index >= 15 is 0 Å². The number of carboxylic acid groups (broad SMARTS) is 1. The van der Waals surface area contributed by atoms with E-state index in [2.05, 4.69) is 10.6 Å². The summed E-state index contributed by atoms with van der Waals surface area (Å²) in [7, 11) is 0. The molecule has 1 aliphatic heterocycles. The SMILES string of the molecule is CC1Oc2c(cccc2C(=O)NCCSCC(=O)O)NC1=O. The van der Waals surface area contributed by atoms with Gasteiger partial charge in [0.15, 0.2) is 11.9 Å². The molecule has 0 aromatic heterocycles. The third-order valence-electron chi connectivity index (χ3n) is 2.94. The number of carbonyl (C=O) groups excluding carboxylic acids is 2. The average molecular weight is 324 g/mol. The first-order chi connectivity index (χ1) is 10.5. The number of aliphatic carboxylic acids is 1. The summed E-state index contributed by atoms with van der Waals surface area (Å²) in [6.45, 7) is 1.96. The van der Waals surface area contributed by atoms with E-state index in [1.807, 2.05) is 0 Å². The predicted octanol–water partition coefficient (Wildman–Crippen LogP) is 0.954. The number of amides is 2. The lowest BCUT2D eigenvalue weighted by Gasteiger charge is -2.25. The van der Waals surface area contributed by atoms with Crippen LogP contribution in [0.4, 0.5) is 5.69 Å². The predicted molar refractivity (Wildman–Crippen MR) is 82.5 cm³/mol. The van der Waals surface area contributed by atoms with Crippen molar-refractivity contribution in [2.24, 2.45) is 0 Å². The van der Waals surface area contributed by atoms with Crippen LogP contribution in [0, 0.1) is 0 Å². The maximum Gasteiger partial charge on any atom is 0.313 e. The molecule has 2 amide bonds. The van der Waals surface area contributed by atoms with Gasteiger partial charge in [0.25, 0.3) is 11.8 Å². The third-order valence-corrected chi connectivity index (χ3v) is 3.88. The number of anilines is 1. The number of nitrogens with one attached hydrogen (secondary N) is 2. The van der Waals surface area contributed by atoms with Crippen LogP contribution in [-0.4, -0.2) is 47.0 Å². The summed E-state index contributed by atoms with van der Waals surface area (Å²) in [5.41, 5.74) is 0.809. The molecule has 1 unspecified atom stereocenters. The third kappa shape index (κ3) is 3.91. The Morgan fingerprint density at radius 1 is 1.45 bits per heavy atom. The molecule has 1 aromatic carbocycles. The van der Waals surface area contributed by atoms with Gasteiger partial charge in [-0.1, -0.05) is 6.07 Å². The number of thioether (sulfide) groups is 1. The van der Waals surface area contributed by atoms with Crippen LogP contribution in [0.15, 0.2) is 18.2 Å². The number of hydrogen-bond donors (Lipinski definition) is 3. The first kappa shape index (κ1) is 16.2. The van der Waals surface area contributed by atoms with Crippen LogP contribution in [0.25, 0.3) is 0 Å². The Hall–Kier alpha value is -2.22. The van der Waals surface area contributed by atoms with Gasteiger partial charge in [0.2, 0.25) is 0 Å². The number of hydrogen-bond acceptors (Lipinski definition) is 5. The number of para-hydroxylation sites is 1. The van der Waals surface area contributed by atoms with E-state index in [0.717, 1.165) is 0 Å². The van der Waals surface area contributed by atoms with E-state index in [-0.39, 0.29) is 17.6 Å². The maximum absolute atomic E-state index is 12.2. The Kier molecular flexibility index (Phi) is 5.26. The molecule has 8 heteroatoms. The minimum Gasteiger partial charge on any atom is -0.481 e. The van der Waals surface area contributed by atoms with Crippen LogP contribution in [0.5, 0.6) is 5.75 Å². The van der Waals surface area contributed by atoms with E-state index in [0.29, 0.717) is 29.3 Å². The van der Waals surface area contributed by atoms with Crippen molar-refractivity contribution in [2.45, 2.75) is 13.0 Å². The first-order valence-corrected chi connectivity index (χ1v) is 7.83. The molecule has 2 rings (SSSR count). The number of carboxylic acids is 1. The smallest absolute Gasteiger partial charge is 0.313 e. The van der Waals surface area contributed by atoms with Crippen LogP contribution in [0.1, 0.15) is 17.3 Å². The van der Waals surface area contributed by atoms with Crippen LogP contribution in [0.3, 0.4) is 0 Å². The Morgan fingerprint density at radius 2 is 2.23 bits per heavy atom. The number of rotatable bonds is 6. The second kappa shape index (κ2) is 7.17. The van der Waals surface area contributed by atoms with E-state index in [9.17, 15) is 14.4 Å². The summed E-state index contributed by atoms with van der Waals surface area (Å²) in [5.74, 6) is -0.604. The molecule has 3 N–H and O–H groups in total. The van der Waals surface area contributed by atoms with Crippen LogP contribution in [-0.2, 0) is 9.59 Å². The van der Waals surface area contributed by atoms with Gasteiger partial charge in [-0.25, -0.2) is 0 Å². The highest BCUT2D eigenvalue weighted by atomic mass is 32.2. The normalized spacial score (nSPS) is 16.2. The quantitative estimate of drug-likeness (QED) is 0.673. The highest BCUT2D eigenvalue weighted by Gasteiger charge is 2.27. The molecule has 1 aromatic rings. The number of benzene rings is 1. The fourth-order valence-corrected chi connectivity index (χ4v) is 2.46. The summed E-state index contributed by atoms with van der Waals surface area (Å²) < 4.78 is 5.50. The zero-order valence-corrected chi connectivity index (χ0v) is 12.7. The van der Waals surface area contributed by atoms with Crippen molar-refractivity contribution in [3.8, 4) is 5.75 Å². The molecule has 1 heterocycles. The number of ether oxygens (including phenoxy) is 1. The maximum atomic E-state index is 12.2. The largest absolute Gasteiger partial charge is 0.481 e. The van der Waals surface area contributed by atoms with Gasteiger partial charge >= 0.3 is 5.97 Å². The van der Waals surface area contributed by atoms with Crippen molar-refractivity contribution in [1.29, 1.82) is 0 Å². The lowest BCUT2D eigenvalue weighted by atomic mass is 10.1. The standard InChI is InChI=1S/C14H16N2O5S/c1-8-13(19)16-10-4-2-3-9(12(10)21-8)14(20)15-5-6-22-7-11(17)18/h2-4,8H,5-7H2,1H3,(H,15,20)(H,16,19)(H,17,18). The van der Waals surface area contributed by atoms with Crippen molar-refractivity contribution in [3.05, 3.63) is 23.8 Å². The molecule has 0 saturated carbocycles. The lowest BCUT2D eigenvalue weighted by Crippen LogP contribution is -2.36. The molecule has 0 fully saturated rings. The molecule has 0 spiro atoms. The summed E-state index contributed by atoms with van der Waals surface area (Å²) in [5, 5.41) is 13.9. The molecule has 7 nitrogen and oxygen atoms in total. The monoisotopic (exact) mass is 324 g/mol. The molecule has 0 aliphatic carbocycles. The van der Waals surface area contributed by atoms with Gasteiger partial charge in [-0.05, 0) is 19.1 Å². The lowest BCUT2D eigenvalue weighted by molar-refractivity contribution is -0.133. The van der Waals surface area contributed by atoms with Crippen molar-refractivity contribution in [3.63, 3.8) is 0 Å². The molecule has 0 radical (unpaired) electrons. The van der Waals surface area contributed by atoms with Crippen molar-refractivity contribution in [2.75, 3.05) is 23.4 Å². The van der Waals surface area contributed by atoms with Gasteiger partial charge in [-0.3, -0.25) is 14.4 Å². The molecule has 1 atom stereocenters. The molecular weight excluding hydrogens is 308 g/mol. The Labute approximate surface area is 131 Å². The highest BCUT2D eigenvalue weighted by molar-refractivity contribution is 7.99. The van der Waals surface area contributed by atoms with Gasteiger partial charge in [0, 0.05) is 12.3 Å². The summed E-state index contributed by atoms with van der Waals surface area (Å²) in [6, 6.07) is 4.94. The molecule has 118 valence electrons. The Balaban J connectivity index is 1.97. The second-order valence-electron chi connectivity index (χ2n) is 4.63. The highest BCUT2D eigenvalue weighted by Crippen LogP contribution is 2.33. The molecular formula is C14H16N2O5S. The summed E-state index contributed by atoms with van der Waals surface area (Å²) in [6.07, 6.45) is -0.660. The molecule has 1 aliphatic rings. The Bertz CT molecular complexity index is 605. The first-order valence-electron chi connectivity index (χ1n) is 6.67. The fraction of sp³-hybridized carbons (Fsp3) is 0.357. The van der Waals surface area contributed by atoms with E-state index in [1.165, 1.54) is 11.8 Å². The van der Waals surface area contributed by atoms with Gasteiger partial charge in [0.05, 0.1) is 17.0 Å². The van der Waals surface area contributed by atoms with E-state index in [1.54, 1.807) is 25.1 Å². The average Bonchev–Trinajstić information content (AvgIpc) is 2.47. The number of carbonyl (C=O) groups is 3. The fourth-order valence-electron chi connectivity index (χ4n) is 1.90. The zero-order chi connectivity index (χ0) is 16.1. The van der Waals surface area contributed by atoms with Crippen LogP contribution >= 0.6 is 11.8 Å². The van der Waals surface area contributed by atoms with Crippen molar-refractivity contribution < 1.29 is 24.2 Å². The molecule has 0 bridgehead atoms. The van der Waals surface area contributed by atoms with Gasteiger partial charge in [-0.2, -0.15) is 0 Å². The minimum absolute atomic E-state index is 0.00324. The summed E-state index contributed by atoms with van der Waals surface area (Å²) in [4.78, 5) is 34.1. The van der Waals surface area contributed by atoms with Gasteiger partial charge in [0.1, 0.15) is 0 Å². The summed E-state index contributed by atoms with van der Waals surface area (Å²) >= 11 is 1.23. The zero-order valence-electron chi connectivity index (χ0n) is 11.9. The van der Waals surface area contributed by atoms with E-state index in [4.69, 9.17) is 9.84 Å². The van der Waals surface area contributed by atoms with Crippen LogP contribution < -0.4 is 15.4 Å². The minimum atomic E-state index is -0.883. The second-order valence-corrected chi connectivity index (χ2v) is 5.74. The molecule has 22 heavy (non-hydrogen) atoms. The molecule has 0 saturated heterocycles. The Morgan fingerprint density at radius 3 is 2.95 bits per heavy atom. The number of fused-ring (bicyclic) bond motifs is 1. The van der Waals surface area contributed by atoms with Crippen LogP contribution in [0.2, 0.25) is 0 Å². The van der Waals surface area contributed by atoms with Crippen molar-refractivity contribution >= 4 is 35.2 Å². The van der Waals surface area contributed by atoms with Gasteiger partial charge < -0.3 is 20.5 Å². The van der Waals surface area contributed by atoms with Gasteiger partial charge in [-0.15, -0.1) is 11.8 Å². The van der Waals surface area contributed by atoms with E-state index < -0.39 is 12.1 Å².